The summed E-state index contributed by atoms with van der Waals surface area (Å²) in [6.45, 7) is 2.14. The lowest BCUT2D eigenvalue weighted by molar-refractivity contribution is -0.147. The van der Waals surface area contributed by atoms with Gasteiger partial charge < -0.3 is 25.4 Å². The molecule has 0 saturated carbocycles. The topological polar surface area (TPSA) is 123 Å². The number of fused-ring (bicyclic) bond motifs is 3. The number of rotatable bonds is 16. The third kappa shape index (κ3) is 9.87. The maximum absolute atomic E-state index is 13.0. The Morgan fingerprint density at radius 2 is 1.48 bits per heavy atom. The number of hydrogen-bond acceptors (Lipinski definition) is 7. The van der Waals surface area contributed by atoms with Crippen molar-refractivity contribution in [1.29, 1.82) is 0 Å². The average Bonchev–Trinajstić information content (AvgIpc) is 3.35. The van der Waals surface area contributed by atoms with E-state index in [0.29, 0.717) is 43.9 Å². The second-order valence-electron chi connectivity index (χ2n) is 10.5. The Balaban J connectivity index is 1.26. The van der Waals surface area contributed by atoms with Crippen LogP contribution in [0.1, 0.15) is 55.2 Å². The summed E-state index contributed by atoms with van der Waals surface area (Å²) in [5.74, 6) is 0.270. The Morgan fingerprint density at radius 3 is 2.16 bits per heavy atom. The number of hydrogen-bond donors (Lipinski definition) is 3. The number of esters is 1. The fourth-order valence-corrected chi connectivity index (χ4v) is 5.82. The summed E-state index contributed by atoms with van der Waals surface area (Å²) in [7, 11) is 0. The molecule has 1 aliphatic rings. The van der Waals surface area contributed by atoms with Crippen molar-refractivity contribution in [1.82, 2.24) is 16.0 Å². The molecule has 3 aromatic rings. The van der Waals surface area contributed by atoms with Crippen molar-refractivity contribution in [2.75, 3.05) is 24.8 Å². The van der Waals surface area contributed by atoms with Gasteiger partial charge in [0.05, 0.1) is 5.88 Å². The van der Waals surface area contributed by atoms with Gasteiger partial charge in [-0.15, -0.1) is 11.8 Å². The quantitative estimate of drug-likeness (QED) is 0.116. The second-order valence-corrected chi connectivity index (χ2v) is 11.6. The van der Waals surface area contributed by atoms with Gasteiger partial charge in [0.1, 0.15) is 19.3 Å². The van der Waals surface area contributed by atoms with Gasteiger partial charge in [-0.2, -0.15) is 0 Å². The smallest absolute Gasteiger partial charge is 0.407 e. The Labute approximate surface area is 262 Å². The molecule has 232 valence electrons. The zero-order valence-electron chi connectivity index (χ0n) is 24.9. The van der Waals surface area contributed by atoms with Crippen LogP contribution >= 0.6 is 11.8 Å². The molecule has 3 aromatic carbocycles. The molecule has 9 nitrogen and oxygen atoms in total. The Morgan fingerprint density at radius 1 is 0.818 bits per heavy atom. The van der Waals surface area contributed by atoms with Crippen molar-refractivity contribution in [3.63, 3.8) is 0 Å². The van der Waals surface area contributed by atoms with E-state index in [2.05, 4.69) is 40.2 Å². The van der Waals surface area contributed by atoms with Crippen molar-refractivity contribution in [2.24, 2.45) is 0 Å². The van der Waals surface area contributed by atoms with E-state index in [1.807, 2.05) is 54.6 Å². The lowest BCUT2D eigenvalue weighted by Crippen LogP contribution is -2.42. The third-order valence-corrected chi connectivity index (χ3v) is 8.12. The summed E-state index contributed by atoms with van der Waals surface area (Å²) in [6, 6.07) is 24.6. The van der Waals surface area contributed by atoms with E-state index < -0.39 is 18.1 Å². The van der Waals surface area contributed by atoms with Crippen LogP contribution in [0.4, 0.5) is 4.79 Å². The van der Waals surface area contributed by atoms with E-state index in [9.17, 15) is 19.2 Å². The fourth-order valence-electron chi connectivity index (χ4n) is 5.04. The minimum atomic E-state index is -0.893. The molecule has 0 heterocycles. The number of thioether (sulfide) groups is 1. The van der Waals surface area contributed by atoms with Crippen molar-refractivity contribution >= 4 is 35.6 Å². The Bertz CT molecular complexity index is 1370. The van der Waals surface area contributed by atoms with Crippen molar-refractivity contribution < 1.29 is 28.7 Å². The zero-order valence-corrected chi connectivity index (χ0v) is 25.7. The number of amides is 3. The molecule has 0 fully saturated rings. The summed E-state index contributed by atoms with van der Waals surface area (Å²) >= 11 is 1.48. The molecule has 0 bridgehead atoms. The highest BCUT2D eigenvalue weighted by Gasteiger charge is 2.30. The highest BCUT2D eigenvalue weighted by molar-refractivity contribution is 7.99. The summed E-state index contributed by atoms with van der Waals surface area (Å²) in [6.07, 6.45) is 1.20. The van der Waals surface area contributed by atoms with E-state index >= 15 is 0 Å². The number of ether oxygens (including phenoxy) is 2. The highest BCUT2D eigenvalue weighted by atomic mass is 32.2. The van der Waals surface area contributed by atoms with Crippen LogP contribution in [-0.4, -0.2) is 54.7 Å². The Kier molecular flexibility index (Phi) is 12.7. The average molecular weight is 618 g/mol. The van der Waals surface area contributed by atoms with Crippen molar-refractivity contribution in [3.05, 3.63) is 95.6 Å². The van der Waals surface area contributed by atoms with Gasteiger partial charge in [-0.3, -0.25) is 9.59 Å². The molecular weight excluding hydrogens is 578 g/mol. The summed E-state index contributed by atoms with van der Waals surface area (Å²) < 4.78 is 11.2. The van der Waals surface area contributed by atoms with Gasteiger partial charge >= 0.3 is 12.1 Å². The fraction of sp³-hybridized carbons (Fsp3) is 0.353. The lowest BCUT2D eigenvalue weighted by Gasteiger charge is -2.19. The van der Waals surface area contributed by atoms with Crippen LogP contribution in [0.3, 0.4) is 0 Å². The van der Waals surface area contributed by atoms with Gasteiger partial charge in [0.2, 0.25) is 11.8 Å². The number of benzene rings is 3. The van der Waals surface area contributed by atoms with Gasteiger partial charge in [-0.05, 0) is 47.1 Å². The van der Waals surface area contributed by atoms with Crippen molar-refractivity contribution in [2.45, 2.75) is 51.2 Å². The zero-order chi connectivity index (χ0) is 31.1. The van der Waals surface area contributed by atoms with Crippen molar-refractivity contribution in [3.8, 4) is 11.1 Å². The number of unbranched alkanes of at least 4 members (excludes halogenated alkanes) is 1. The van der Waals surface area contributed by atoms with Gasteiger partial charge in [0, 0.05) is 31.6 Å². The Hall–Kier alpha value is -4.31. The number of nitrogens with one attached hydrogen (secondary N) is 3. The number of alkyl carbamates (subject to hydrolysis) is 1. The molecule has 1 aliphatic carbocycles. The van der Waals surface area contributed by atoms with Crippen LogP contribution in [0, 0.1) is 0 Å². The molecule has 4 rings (SSSR count). The van der Waals surface area contributed by atoms with Crippen LogP contribution in [0.15, 0.2) is 78.9 Å². The van der Waals surface area contributed by atoms with Crippen LogP contribution in [0.2, 0.25) is 0 Å². The van der Waals surface area contributed by atoms with Gasteiger partial charge in [-0.1, -0.05) is 78.9 Å². The number of carbonyl (C=O) groups is 4. The third-order valence-electron chi connectivity index (χ3n) is 7.28. The lowest BCUT2D eigenvalue weighted by atomic mass is 9.98. The molecule has 0 aliphatic heterocycles. The minimum absolute atomic E-state index is 0.0732. The summed E-state index contributed by atoms with van der Waals surface area (Å²) in [5.41, 5.74) is 5.33. The van der Waals surface area contributed by atoms with E-state index in [1.165, 1.54) is 18.7 Å². The molecule has 0 radical (unpaired) electrons. The summed E-state index contributed by atoms with van der Waals surface area (Å²) in [5, 5.41) is 8.27. The maximum atomic E-state index is 13.0. The molecule has 0 unspecified atom stereocenters. The van der Waals surface area contributed by atoms with Crippen LogP contribution < -0.4 is 16.0 Å². The molecule has 0 spiro atoms. The highest BCUT2D eigenvalue weighted by Crippen LogP contribution is 2.44. The van der Waals surface area contributed by atoms with E-state index in [4.69, 9.17) is 9.47 Å². The van der Waals surface area contributed by atoms with Gasteiger partial charge in [0.25, 0.3) is 0 Å². The van der Waals surface area contributed by atoms with E-state index in [0.717, 1.165) is 27.8 Å². The first-order valence-electron chi connectivity index (χ1n) is 14.8. The number of carbonyl (C=O) groups excluding carboxylic acids is 4. The van der Waals surface area contributed by atoms with Crippen LogP contribution in [0.5, 0.6) is 0 Å². The standard InChI is InChI=1S/C34H39N3O6S/c1-24(38)36-23-44-20-18-32(39)35-19-10-9-17-31(33(40)42-21-25-11-3-2-4-12-25)37-34(41)43-22-30-28-15-7-5-13-26(28)27-14-6-8-16-29(27)30/h2-8,11-16,30-31H,9-10,17-23H2,1H3,(H,35,39)(H,36,38)(H,37,41)/t31-/m1/s1. The molecule has 0 saturated heterocycles. The van der Waals surface area contributed by atoms with E-state index in [-0.39, 0.29) is 30.9 Å². The summed E-state index contributed by atoms with van der Waals surface area (Å²) in [4.78, 5) is 49.0. The predicted octanol–water partition coefficient (Wildman–Crippen LogP) is 5.14. The molecule has 44 heavy (non-hydrogen) atoms. The first-order valence-corrected chi connectivity index (χ1v) is 16.0. The molecule has 1 atom stereocenters. The molecule has 0 aromatic heterocycles. The largest absolute Gasteiger partial charge is 0.459 e. The molecule has 3 N–H and O–H groups in total. The predicted molar refractivity (Wildman–Crippen MR) is 171 cm³/mol. The second kappa shape index (κ2) is 17.1. The first-order chi connectivity index (χ1) is 21.4. The molecule has 3 amide bonds. The van der Waals surface area contributed by atoms with E-state index in [1.54, 1.807) is 0 Å². The van der Waals surface area contributed by atoms with Gasteiger partial charge in [-0.25, -0.2) is 9.59 Å². The molecule has 10 heteroatoms. The molecular formula is C34H39N3O6S. The minimum Gasteiger partial charge on any atom is -0.459 e. The van der Waals surface area contributed by atoms with Crippen LogP contribution in [0.25, 0.3) is 11.1 Å². The normalized spacial score (nSPS) is 12.4. The maximum Gasteiger partial charge on any atom is 0.407 e. The SMILES string of the molecule is CC(=O)NCSCCC(=O)NCCCC[C@@H](NC(=O)OCC1c2ccccc2-c2ccccc21)C(=O)OCc1ccccc1. The van der Waals surface area contributed by atoms with Gasteiger partial charge in [0.15, 0.2) is 0 Å². The first kappa shape index (κ1) is 32.6. The van der Waals surface area contributed by atoms with Crippen LogP contribution in [-0.2, 0) is 30.5 Å². The monoisotopic (exact) mass is 617 g/mol.